The number of hydrogen-bond acceptors (Lipinski definition) is 2. The van der Waals surface area contributed by atoms with Crippen molar-refractivity contribution in [1.82, 2.24) is 5.32 Å². The monoisotopic (exact) mass is 457 g/mol. The van der Waals surface area contributed by atoms with Crippen LogP contribution < -0.4 is 14.5 Å². The summed E-state index contributed by atoms with van der Waals surface area (Å²) >= 11 is 1.71. The molecule has 0 aliphatic heterocycles. The maximum atomic E-state index is 13.9. The highest BCUT2D eigenvalue weighted by Gasteiger charge is 2.24. The Hall–Kier alpha value is -3.64. The lowest BCUT2D eigenvalue weighted by molar-refractivity contribution is -0.661. The number of nitrogens with one attached hydrogen (secondary N) is 1. The molecule has 1 N–H and O–H groups in total. The molecule has 0 saturated heterocycles. The van der Waals surface area contributed by atoms with E-state index in [1.807, 2.05) is 31.3 Å². The fraction of sp³-hybridized carbons (Fsp3) is 0.148. The van der Waals surface area contributed by atoms with Crippen molar-refractivity contribution in [1.29, 1.82) is 0 Å². The number of fused-ring (bicyclic) bond motifs is 2. The van der Waals surface area contributed by atoms with Gasteiger partial charge in [-0.3, -0.25) is 4.79 Å². The van der Waals surface area contributed by atoms with Crippen LogP contribution in [0.3, 0.4) is 0 Å². The highest BCUT2D eigenvalue weighted by atomic mass is 32.1. The van der Waals surface area contributed by atoms with Crippen LogP contribution in [0.2, 0.25) is 0 Å². The van der Waals surface area contributed by atoms with Gasteiger partial charge in [0.1, 0.15) is 17.6 Å². The zero-order valence-corrected chi connectivity index (χ0v) is 19.1. The summed E-state index contributed by atoms with van der Waals surface area (Å²) in [5.74, 6) is -0.450. The number of pyridine rings is 1. The van der Waals surface area contributed by atoms with Gasteiger partial charge in [0.15, 0.2) is 6.20 Å². The molecule has 0 aliphatic rings. The summed E-state index contributed by atoms with van der Waals surface area (Å²) in [5.41, 5.74) is 3.90. The third-order valence-corrected chi connectivity index (χ3v) is 7.06. The van der Waals surface area contributed by atoms with E-state index < -0.39 is 0 Å². The van der Waals surface area contributed by atoms with Crippen molar-refractivity contribution in [2.75, 3.05) is 0 Å². The van der Waals surface area contributed by atoms with Crippen LogP contribution in [0.15, 0.2) is 85.1 Å². The van der Waals surface area contributed by atoms with Gasteiger partial charge in [0.2, 0.25) is 22.6 Å². The van der Waals surface area contributed by atoms with Crippen LogP contribution in [0.1, 0.15) is 16.1 Å². The number of carbonyl (C=O) groups is 1. The van der Waals surface area contributed by atoms with Crippen molar-refractivity contribution in [3.05, 3.63) is 107 Å². The summed E-state index contributed by atoms with van der Waals surface area (Å²) in [6, 6.07) is 25.2. The van der Waals surface area contributed by atoms with E-state index >= 15 is 0 Å². The van der Waals surface area contributed by atoms with E-state index in [4.69, 9.17) is 0 Å². The average molecular weight is 458 g/mol. The first-order valence-corrected chi connectivity index (χ1v) is 11.7. The fourth-order valence-corrected chi connectivity index (χ4v) is 5.35. The Morgan fingerprint density at radius 1 is 0.909 bits per heavy atom. The van der Waals surface area contributed by atoms with Crippen LogP contribution in [-0.4, -0.2) is 5.91 Å². The third kappa shape index (κ3) is 4.34. The van der Waals surface area contributed by atoms with Gasteiger partial charge in [0.05, 0.1) is 11.8 Å². The van der Waals surface area contributed by atoms with Gasteiger partial charge in [0, 0.05) is 30.3 Å². The van der Waals surface area contributed by atoms with Gasteiger partial charge in [-0.05, 0) is 23.8 Å². The molecule has 0 unspecified atom stereocenters. The molecule has 4 nitrogen and oxygen atoms in total. The van der Waals surface area contributed by atoms with Crippen LogP contribution in [-0.2, 0) is 31.4 Å². The van der Waals surface area contributed by atoms with Crippen molar-refractivity contribution in [3.63, 3.8) is 0 Å². The van der Waals surface area contributed by atoms with Crippen molar-refractivity contribution < 1.29 is 18.3 Å². The Morgan fingerprint density at radius 3 is 2.48 bits per heavy atom. The topological polar surface area (TPSA) is 36.9 Å². The van der Waals surface area contributed by atoms with Crippen LogP contribution in [0, 0.1) is 5.82 Å². The summed E-state index contributed by atoms with van der Waals surface area (Å²) in [5, 5.41) is 5.18. The van der Waals surface area contributed by atoms with E-state index in [9.17, 15) is 9.18 Å². The van der Waals surface area contributed by atoms with E-state index in [-0.39, 0.29) is 24.8 Å². The van der Waals surface area contributed by atoms with E-state index in [1.54, 1.807) is 29.5 Å². The molecule has 2 heterocycles. The molecule has 6 heteroatoms. The molecule has 1 amide bonds. The highest BCUT2D eigenvalue weighted by molar-refractivity contribution is 7.18. The van der Waals surface area contributed by atoms with Crippen molar-refractivity contribution in [2.24, 2.45) is 7.05 Å². The smallest absolute Gasteiger partial charge is 0.286 e. The number of rotatable bonds is 6. The zero-order valence-electron chi connectivity index (χ0n) is 18.3. The summed E-state index contributed by atoms with van der Waals surface area (Å²) in [7, 11) is 2.05. The van der Waals surface area contributed by atoms with E-state index in [2.05, 4.69) is 51.0 Å². The number of amides is 1. The molecule has 0 radical (unpaired) electrons. The lowest BCUT2D eigenvalue weighted by Gasteiger charge is -2.06. The van der Waals surface area contributed by atoms with Crippen molar-refractivity contribution in [2.45, 2.75) is 19.5 Å². The Balaban J connectivity index is 1.45. The van der Waals surface area contributed by atoms with Gasteiger partial charge in [-0.15, -0.1) is 0 Å². The lowest BCUT2D eigenvalue weighted by Crippen LogP contribution is -2.44. The lowest BCUT2D eigenvalue weighted by atomic mass is 10.1. The second-order valence-electron chi connectivity index (χ2n) is 8.06. The molecule has 0 fully saturated rings. The number of aryl methyl sites for hydroxylation is 1. The second kappa shape index (κ2) is 9.08. The van der Waals surface area contributed by atoms with E-state index in [0.29, 0.717) is 5.56 Å². The first-order valence-electron chi connectivity index (χ1n) is 10.9. The number of aromatic nitrogens is 2. The standard InChI is InChI=1S/C27H23FN3OS/c1-30-15-14-19(21-9-3-5-11-23(21)30)16-27-31(24-12-6-7-13-25(24)33-27)18-26(32)29-17-20-8-2-4-10-22(20)28/h2-15H,16-18H2,1H3/q+1/p+1. The zero-order chi connectivity index (χ0) is 22.8. The van der Waals surface area contributed by atoms with Gasteiger partial charge in [-0.25, -0.2) is 8.96 Å². The molecule has 5 rings (SSSR count). The predicted octanol–water partition coefficient (Wildman–Crippen LogP) is 4.21. The van der Waals surface area contributed by atoms with Crippen LogP contribution in [0.5, 0.6) is 0 Å². The van der Waals surface area contributed by atoms with Gasteiger partial charge in [0.25, 0.3) is 5.91 Å². The normalized spacial score (nSPS) is 11.2. The molecule has 0 aliphatic carbocycles. The van der Waals surface area contributed by atoms with Crippen molar-refractivity contribution >= 4 is 38.4 Å². The number of nitrogens with zero attached hydrogens (tertiary/aromatic N) is 2. The molecule has 164 valence electrons. The third-order valence-electron chi connectivity index (χ3n) is 5.89. The second-order valence-corrected chi connectivity index (χ2v) is 9.18. The van der Waals surface area contributed by atoms with Gasteiger partial charge in [-0.1, -0.05) is 53.8 Å². The Kier molecular flexibility index (Phi) is 5.84. The number of halogens is 1. The maximum Gasteiger partial charge on any atom is 0.286 e. The predicted molar refractivity (Wildman–Crippen MR) is 128 cm³/mol. The first-order chi connectivity index (χ1) is 16.1. The van der Waals surface area contributed by atoms with Gasteiger partial charge in [-0.2, -0.15) is 4.57 Å². The van der Waals surface area contributed by atoms with Crippen molar-refractivity contribution in [3.8, 4) is 0 Å². The number of para-hydroxylation sites is 2. The van der Waals surface area contributed by atoms with E-state index in [1.165, 1.54) is 22.5 Å². The first kappa shape index (κ1) is 21.2. The fourth-order valence-electron chi connectivity index (χ4n) is 4.16. The summed E-state index contributed by atoms with van der Waals surface area (Å²) in [6.45, 7) is 0.357. The number of thiazole rings is 1. The van der Waals surface area contributed by atoms with E-state index in [0.717, 1.165) is 21.6 Å². The number of carbonyl (C=O) groups excluding carboxylic acids is 1. The molecular weight excluding hydrogens is 433 g/mol. The minimum Gasteiger partial charge on any atom is -0.346 e. The maximum absolute atomic E-state index is 13.9. The highest BCUT2D eigenvalue weighted by Crippen LogP contribution is 2.25. The minimum absolute atomic E-state index is 0.141. The average Bonchev–Trinajstić information content (AvgIpc) is 3.17. The molecule has 0 saturated carbocycles. The van der Waals surface area contributed by atoms with Crippen LogP contribution in [0.25, 0.3) is 21.1 Å². The van der Waals surface area contributed by atoms with Crippen LogP contribution >= 0.6 is 11.3 Å². The SMILES string of the molecule is C[n+]1ccc(Cc2sc3ccccc3[n+]2CC(=O)NCc2ccccc2F)c2ccccc21. The minimum atomic E-state index is -0.309. The molecular formula is C27H24FN3OS+2. The molecule has 0 atom stereocenters. The van der Waals surface area contributed by atoms with Gasteiger partial charge >= 0.3 is 0 Å². The summed E-state index contributed by atoms with van der Waals surface area (Å²) < 4.78 is 19.3. The molecule has 33 heavy (non-hydrogen) atoms. The largest absolute Gasteiger partial charge is 0.346 e. The quantitative estimate of drug-likeness (QED) is 0.381. The molecule has 3 aromatic carbocycles. The summed E-state index contributed by atoms with van der Waals surface area (Å²) in [6.07, 6.45) is 2.80. The number of benzene rings is 3. The Morgan fingerprint density at radius 2 is 1.64 bits per heavy atom. The number of hydrogen-bond donors (Lipinski definition) is 1. The van der Waals surface area contributed by atoms with Gasteiger partial charge < -0.3 is 5.32 Å². The molecule has 2 aromatic heterocycles. The Labute approximate surface area is 195 Å². The molecule has 5 aromatic rings. The molecule has 0 bridgehead atoms. The van der Waals surface area contributed by atoms with Crippen LogP contribution in [0.4, 0.5) is 4.39 Å². The summed E-state index contributed by atoms with van der Waals surface area (Å²) in [4.78, 5) is 12.8. The Bertz CT molecular complexity index is 1480. The molecule has 0 spiro atoms.